The van der Waals surface area contributed by atoms with Crippen LogP contribution in [0, 0.1) is 3.70 Å². The molecule has 118 valence electrons. The van der Waals surface area contributed by atoms with E-state index in [1.165, 1.54) is 11.9 Å². The van der Waals surface area contributed by atoms with E-state index in [1.54, 1.807) is 0 Å². The van der Waals surface area contributed by atoms with Crippen LogP contribution in [0.5, 0.6) is 0 Å². The van der Waals surface area contributed by atoms with Crippen LogP contribution in [0.1, 0.15) is 24.4 Å². The Morgan fingerprint density at radius 2 is 2.00 bits per heavy atom. The van der Waals surface area contributed by atoms with E-state index in [1.807, 2.05) is 22.9 Å². The first kappa shape index (κ1) is 14.8. The molecule has 0 atom stereocenters. The molecule has 0 radical (unpaired) electrons. The van der Waals surface area contributed by atoms with Crippen LogP contribution in [0.4, 0.5) is 5.82 Å². The second kappa shape index (κ2) is 6.04. The number of halogens is 1. The lowest BCUT2D eigenvalue weighted by molar-refractivity contribution is -0.0375. The summed E-state index contributed by atoms with van der Waals surface area (Å²) in [5, 5.41) is 5.44. The molecule has 1 fully saturated rings. The lowest BCUT2D eigenvalue weighted by Crippen LogP contribution is -2.34. The van der Waals surface area contributed by atoms with E-state index in [0.29, 0.717) is 18.5 Å². The standard InChI is InChI=1S/C16H16IN5O/c17-14-13-15(18)19-9-20-16(13)22(21-14)11-6-12(7-11)23-8-10-4-2-1-3-5-10/h1-5,9,11-12H,6-8H2,(H2,18,19,20). The van der Waals surface area contributed by atoms with Crippen molar-refractivity contribution in [2.45, 2.75) is 31.6 Å². The summed E-state index contributed by atoms with van der Waals surface area (Å²) in [7, 11) is 0. The molecule has 1 saturated carbocycles. The highest BCUT2D eigenvalue weighted by molar-refractivity contribution is 14.1. The predicted octanol–water partition coefficient (Wildman–Crippen LogP) is 2.93. The lowest BCUT2D eigenvalue weighted by atomic mass is 9.89. The second-order valence-corrected chi connectivity index (χ2v) is 6.76. The fourth-order valence-corrected chi connectivity index (χ4v) is 3.62. The minimum absolute atomic E-state index is 0.274. The van der Waals surface area contributed by atoms with E-state index < -0.39 is 0 Å². The number of aromatic nitrogens is 4. The zero-order valence-corrected chi connectivity index (χ0v) is 14.6. The Morgan fingerprint density at radius 3 is 2.78 bits per heavy atom. The van der Waals surface area contributed by atoms with Gasteiger partial charge in [0, 0.05) is 0 Å². The predicted molar refractivity (Wildman–Crippen MR) is 95.7 cm³/mol. The van der Waals surface area contributed by atoms with Gasteiger partial charge in [-0.2, -0.15) is 5.10 Å². The molecule has 1 aliphatic carbocycles. The maximum Gasteiger partial charge on any atom is 0.164 e. The summed E-state index contributed by atoms with van der Waals surface area (Å²) in [4.78, 5) is 8.39. The quantitative estimate of drug-likeness (QED) is 0.656. The van der Waals surface area contributed by atoms with Crippen LogP contribution < -0.4 is 5.73 Å². The summed E-state index contributed by atoms with van der Waals surface area (Å²) in [6.45, 7) is 0.657. The lowest BCUT2D eigenvalue weighted by Gasteiger charge is -2.35. The van der Waals surface area contributed by atoms with Gasteiger partial charge in [-0.1, -0.05) is 30.3 Å². The molecule has 2 aromatic heterocycles. The third-order valence-electron chi connectivity index (χ3n) is 4.22. The monoisotopic (exact) mass is 421 g/mol. The number of ether oxygens (including phenoxy) is 1. The molecule has 1 aliphatic rings. The average Bonchev–Trinajstić information content (AvgIpc) is 2.85. The third kappa shape index (κ3) is 2.78. The van der Waals surface area contributed by atoms with E-state index in [0.717, 1.165) is 27.6 Å². The Bertz CT molecular complexity index is 829. The van der Waals surface area contributed by atoms with E-state index >= 15 is 0 Å². The van der Waals surface area contributed by atoms with Crippen molar-refractivity contribution in [2.75, 3.05) is 5.73 Å². The van der Waals surface area contributed by atoms with Gasteiger partial charge in [0.15, 0.2) is 5.65 Å². The van der Waals surface area contributed by atoms with Crippen molar-refractivity contribution in [3.8, 4) is 0 Å². The number of nitrogen functional groups attached to an aromatic ring is 1. The number of rotatable bonds is 4. The van der Waals surface area contributed by atoms with Crippen LogP contribution in [-0.2, 0) is 11.3 Å². The van der Waals surface area contributed by atoms with Crippen molar-refractivity contribution in [3.05, 3.63) is 45.9 Å². The molecule has 23 heavy (non-hydrogen) atoms. The first-order chi connectivity index (χ1) is 11.2. The SMILES string of the molecule is Nc1ncnc2c1c(I)nn2C1CC(OCc2ccccc2)C1. The number of nitrogens with zero attached hydrogens (tertiary/aromatic N) is 4. The molecule has 0 saturated heterocycles. The smallest absolute Gasteiger partial charge is 0.164 e. The van der Waals surface area contributed by atoms with Gasteiger partial charge in [-0.25, -0.2) is 14.6 Å². The normalized spacial score (nSPS) is 20.6. The van der Waals surface area contributed by atoms with Crippen molar-refractivity contribution < 1.29 is 4.74 Å². The summed E-state index contributed by atoms with van der Waals surface area (Å²) in [6.07, 6.45) is 3.66. The number of hydrogen-bond acceptors (Lipinski definition) is 5. The largest absolute Gasteiger partial charge is 0.383 e. The number of fused-ring (bicyclic) bond motifs is 1. The van der Waals surface area contributed by atoms with Crippen molar-refractivity contribution >= 4 is 39.4 Å². The van der Waals surface area contributed by atoms with Crippen molar-refractivity contribution in [3.63, 3.8) is 0 Å². The summed E-state index contributed by atoms with van der Waals surface area (Å²) >= 11 is 2.18. The van der Waals surface area contributed by atoms with Gasteiger partial charge < -0.3 is 10.5 Å². The van der Waals surface area contributed by atoms with Gasteiger partial charge in [0.25, 0.3) is 0 Å². The second-order valence-electron chi connectivity index (χ2n) is 5.74. The van der Waals surface area contributed by atoms with E-state index in [9.17, 15) is 0 Å². The Labute approximate surface area is 147 Å². The molecule has 6 nitrogen and oxygen atoms in total. The number of hydrogen-bond donors (Lipinski definition) is 1. The van der Waals surface area contributed by atoms with Crippen LogP contribution in [-0.4, -0.2) is 25.9 Å². The fraction of sp³-hybridized carbons (Fsp3) is 0.312. The molecule has 7 heteroatoms. The average molecular weight is 421 g/mol. The summed E-state index contributed by atoms with van der Waals surface area (Å²) < 4.78 is 8.78. The summed E-state index contributed by atoms with van der Waals surface area (Å²) in [5.74, 6) is 0.488. The zero-order valence-electron chi connectivity index (χ0n) is 12.4. The first-order valence-corrected chi connectivity index (χ1v) is 8.60. The molecule has 0 aliphatic heterocycles. The minimum atomic E-state index is 0.274. The summed E-state index contributed by atoms with van der Waals surface area (Å²) in [6, 6.07) is 10.6. The van der Waals surface area contributed by atoms with Crippen LogP contribution in [0.2, 0.25) is 0 Å². The maximum absolute atomic E-state index is 5.96. The van der Waals surface area contributed by atoms with E-state index in [2.05, 4.69) is 49.8 Å². The Balaban J connectivity index is 1.43. The molecule has 0 spiro atoms. The molecular weight excluding hydrogens is 405 g/mol. The van der Waals surface area contributed by atoms with Crippen LogP contribution >= 0.6 is 22.6 Å². The van der Waals surface area contributed by atoms with Crippen molar-refractivity contribution in [2.24, 2.45) is 0 Å². The first-order valence-electron chi connectivity index (χ1n) is 7.52. The third-order valence-corrected chi connectivity index (χ3v) is 4.97. The van der Waals surface area contributed by atoms with Gasteiger partial charge in [-0.3, -0.25) is 0 Å². The molecule has 0 bridgehead atoms. The molecule has 3 aromatic rings. The van der Waals surface area contributed by atoms with Gasteiger partial charge in [-0.05, 0) is 41.0 Å². The highest BCUT2D eigenvalue weighted by Gasteiger charge is 2.34. The highest BCUT2D eigenvalue weighted by Crippen LogP contribution is 2.37. The molecule has 2 N–H and O–H groups in total. The molecule has 2 heterocycles. The van der Waals surface area contributed by atoms with Crippen molar-refractivity contribution in [1.82, 2.24) is 19.7 Å². The Hall–Kier alpha value is -1.74. The Kier molecular flexibility index (Phi) is 3.90. The molecular formula is C16H16IN5O. The summed E-state index contributed by atoms with van der Waals surface area (Å²) in [5.41, 5.74) is 7.95. The Morgan fingerprint density at radius 1 is 1.22 bits per heavy atom. The number of benzene rings is 1. The van der Waals surface area contributed by atoms with Gasteiger partial charge in [0.2, 0.25) is 0 Å². The van der Waals surface area contributed by atoms with Gasteiger partial charge in [0.05, 0.1) is 24.1 Å². The molecule has 0 unspecified atom stereocenters. The zero-order chi connectivity index (χ0) is 15.8. The topological polar surface area (TPSA) is 78.9 Å². The number of anilines is 1. The molecule has 1 aromatic carbocycles. The fourth-order valence-electron chi connectivity index (χ4n) is 2.87. The number of nitrogens with two attached hydrogens (primary N) is 1. The van der Waals surface area contributed by atoms with E-state index in [-0.39, 0.29) is 6.10 Å². The van der Waals surface area contributed by atoms with Gasteiger partial charge >= 0.3 is 0 Å². The van der Waals surface area contributed by atoms with Gasteiger partial charge in [-0.15, -0.1) is 0 Å². The van der Waals surface area contributed by atoms with E-state index in [4.69, 9.17) is 10.5 Å². The molecule has 4 rings (SSSR count). The van der Waals surface area contributed by atoms with Crippen LogP contribution in [0.25, 0.3) is 11.0 Å². The molecule has 0 amide bonds. The van der Waals surface area contributed by atoms with Gasteiger partial charge in [0.1, 0.15) is 15.8 Å². The minimum Gasteiger partial charge on any atom is -0.383 e. The van der Waals surface area contributed by atoms with Crippen LogP contribution in [0.15, 0.2) is 36.7 Å². The highest BCUT2D eigenvalue weighted by atomic mass is 127. The van der Waals surface area contributed by atoms with Crippen molar-refractivity contribution in [1.29, 1.82) is 0 Å². The maximum atomic E-state index is 5.96. The van der Waals surface area contributed by atoms with Crippen LogP contribution in [0.3, 0.4) is 0 Å².